The Bertz CT molecular complexity index is 322. The molecule has 0 aliphatic carbocycles. The number of rotatable bonds is 3. The molecule has 0 saturated heterocycles. The first-order valence-electron chi connectivity index (χ1n) is 3.68. The number of hydrogen-bond acceptors (Lipinski definition) is 4. The van der Waals surface area contributed by atoms with E-state index < -0.39 is 0 Å². The van der Waals surface area contributed by atoms with Crippen LogP contribution < -0.4 is 0 Å². The van der Waals surface area contributed by atoms with Crippen LogP contribution in [0.15, 0.2) is 15.4 Å². The monoisotopic (exact) mass is 261 g/mol. The highest BCUT2D eigenvalue weighted by Gasteiger charge is 1.96. The van der Waals surface area contributed by atoms with E-state index in [4.69, 9.17) is 4.74 Å². The van der Waals surface area contributed by atoms with Crippen LogP contribution in [-0.2, 0) is 9.53 Å². The van der Waals surface area contributed by atoms with E-state index in [2.05, 4.69) is 20.9 Å². The molecule has 1 aromatic rings. The fraction of sp³-hybridized carbons (Fsp3) is 0.250. The van der Waals surface area contributed by atoms with Gasteiger partial charge < -0.3 is 4.74 Å². The number of aromatic nitrogens is 1. The first-order chi connectivity index (χ1) is 6.22. The smallest absolute Gasteiger partial charge is 0.330 e. The van der Waals surface area contributed by atoms with Gasteiger partial charge in [-0.15, -0.1) is 11.3 Å². The molecule has 70 valence electrons. The lowest BCUT2D eigenvalue weighted by Crippen LogP contribution is -1.98. The molecule has 0 bridgehead atoms. The summed E-state index contributed by atoms with van der Waals surface area (Å²) in [6.45, 7) is 2.16. The number of thiazole rings is 1. The number of nitrogens with zero attached hydrogens (tertiary/aromatic N) is 1. The molecule has 0 atom stereocenters. The van der Waals surface area contributed by atoms with Crippen LogP contribution in [0.1, 0.15) is 12.6 Å². The third-order valence-electron chi connectivity index (χ3n) is 1.17. The van der Waals surface area contributed by atoms with Crippen LogP contribution in [0, 0.1) is 0 Å². The van der Waals surface area contributed by atoms with Gasteiger partial charge in [0.15, 0.2) is 3.92 Å². The molecule has 1 aromatic heterocycles. The van der Waals surface area contributed by atoms with Crippen molar-refractivity contribution >= 4 is 39.3 Å². The molecule has 0 N–H and O–H groups in total. The van der Waals surface area contributed by atoms with E-state index in [-0.39, 0.29) is 5.97 Å². The number of esters is 1. The maximum atomic E-state index is 10.9. The van der Waals surface area contributed by atoms with Crippen molar-refractivity contribution in [3.05, 3.63) is 21.1 Å². The summed E-state index contributed by atoms with van der Waals surface area (Å²) < 4.78 is 5.51. The topological polar surface area (TPSA) is 39.2 Å². The Labute approximate surface area is 88.6 Å². The SMILES string of the molecule is CCOC(=O)C=Cc1csc(Br)n1. The third-order valence-corrected chi connectivity index (χ3v) is 2.55. The van der Waals surface area contributed by atoms with Crippen molar-refractivity contribution in [3.63, 3.8) is 0 Å². The van der Waals surface area contributed by atoms with Gasteiger partial charge in [0.2, 0.25) is 0 Å². The van der Waals surface area contributed by atoms with Crippen molar-refractivity contribution < 1.29 is 9.53 Å². The van der Waals surface area contributed by atoms with E-state index in [1.54, 1.807) is 13.0 Å². The summed E-state index contributed by atoms with van der Waals surface area (Å²) in [5.41, 5.74) is 0.755. The van der Waals surface area contributed by atoms with Gasteiger partial charge in [-0.1, -0.05) is 0 Å². The molecule has 3 nitrogen and oxygen atoms in total. The van der Waals surface area contributed by atoms with Crippen molar-refractivity contribution in [2.24, 2.45) is 0 Å². The van der Waals surface area contributed by atoms with E-state index in [1.807, 2.05) is 5.38 Å². The molecular weight excluding hydrogens is 254 g/mol. The highest BCUT2D eigenvalue weighted by molar-refractivity contribution is 9.11. The molecule has 0 saturated carbocycles. The van der Waals surface area contributed by atoms with Crippen molar-refractivity contribution in [2.45, 2.75) is 6.92 Å². The Morgan fingerprint density at radius 2 is 2.62 bits per heavy atom. The minimum atomic E-state index is -0.341. The summed E-state index contributed by atoms with van der Waals surface area (Å²) in [5.74, 6) is -0.341. The average Bonchev–Trinajstić information content (AvgIpc) is 2.49. The van der Waals surface area contributed by atoms with Crippen LogP contribution in [-0.4, -0.2) is 17.6 Å². The Hall–Kier alpha value is -0.680. The van der Waals surface area contributed by atoms with Crippen molar-refractivity contribution in [3.8, 4) is 0 Å². The number of carbonyl (C=O) groups excluding carboxylic acids is 1. The van der Waals surface area contributed by atoms with Gasteiger partial charge in [-0.2, -0.15) is 0 Å². The molecule has 0 aliphatic rings. The minimum Gasteiger partial charge on any atom is -0.463 e. The predicted molar refractivity (Wildman–Crippen MR) is 55.5 cm³/mol. The summed E-state index contributed by atoms with van der Waals surface area (Å²) >= 11 is 4.70. The average molecular weight is 262 g/mol. The highest BCUT2D eigenvalue weighted by atomic mass is 79.9. The van der Waals surface area contributed by atoms with Gasteiger partial charge in [0.05, 0.1) is 12.3 Å². The maximum absolute atomic E-state index is 10.9. The summed E-state index contributed by atoms with van der Waals surface area (Å²) in [6.07, 6.45) is 2.99. The molecular formula is C8H8BrNO2S. The molecule has 1 rings (SSSR count). The number of halogens is 1. The second kappa shape index (κ2) is 5.14. The van der Waals surface area contributed by atoms with Crippen LogP contribution in [0.3, 0.4) is 0 Å². The first kappa shape index (κ1) is 10.4. The molecule has 0 radical (unpaired) electrons. The highest BCUT2D eigenvalue weighted by Crippen LogP contribution is 2.16. The zero-order valence-electron chi connectivity index (χ0n) is 6.99. The standard InChI is InChI=1S/C8H8BrNO2S/c1-2-12-7(11)4-3-6-5-13-8(9)10-6/h3-5H,2H2,1H3. The van der Waals surface area contributed by atoms with Crippen molar-refractivity contribution in [2.75, 3.05) is 6.61 Å². The summed E-state index contributed by atoms with van der Waals surface area (Å²) in [5, 5.41) is 1.85. The molecule has 0 fully saturated rings. The van der Waals surface area contributed by atoms with Gasteiger partial charge in [-0.25, -0.2) is 9.78 Å². The largest absolute Gasteiger partial charge is 0.463 e. The third kappa shape index (κ3) is 3.69. The van der Waals surface area contributed by atoms with E-state index in [1.165, 1.54) is 17.4 Å². The Morgan fingerprint density at radius 3 is 3.15 bits per heavy atom. The number of hydrogen-bond donors (Lipinski definition) is 0. The molecule has 1 heterocycles. The van der Waals surface area contributed by atoms with Gasteiger partial charge in [-0.3, -0.25) is 0 Å². The van der Waals surface area contributed by atoms with Gasteiger partial charge in [0.25, 0.3) is 0 Å². The molecule has 5 heteroatoms. The van der Waals surface area contributed by atoms with E-state index in [9.17, 15) is 4.79 Å². The van der Waals surface area contributed by atoms with Crippen molar-refractivity contribution in [1.82, 2.24) is 4.98 Å². The molecule has 0 amide bonds. The fourth-order valence-electron chi connectivity index (χ4n) is 0.684. The number of carbonyl (C=O) groups is 1. The van der Waals surface area contributed by atoms with Crippen LogP contribution >= 0.6 is 27.3 Å². The first-order valence-corrected chi connectivity index (χ1v) is 5.35. The summed E-state index contributed by atoms with van der Waals surface area (Å²) in [6, 6.07) is 0. The lowest BCUT2D eigenvalue weighted by molar-refractivity contribution is -0.137. The Balaban J connectivity index is 2.53. The quantitative estimate of drug-likeness (QED) is 0.620. The van der Waals surface area contributed by atoms with Crippen molar-refractivity contribution in [1.29, 1.82) is 0 Å². The second-order valence-electron chi connectivity index (χ2n) is 2.11. The van der Waals surface area contributed by atoms with Gasteiger partial charge in [0.1, 0.15) is 0 Å². The predicted octanol–water partition coefficient (Wildman–Crippen LogP) is 2.48. The number of ether oxygens (including phenoxy) is 1. The van der Waals surface area contributed by atoms with Gasteiger partial charge in [0, 0.05) is 11.5 Å². The fourth-order valence-corrected chi connectivity index (χ4v) is 1.68. The lowest BCUT2D eigenvalue weighted by Gasteiger charge is -1.92. The second-order valence-corrected chi connectivity index (χ2v) is 4.24. The van der Waals surface area contributed by atoms with E-state index in [0.717, 1.165) is 9.61 Å². The molecule has 0 aromatic carbocycles. The van der Waals surface area contributed by atoms with Crippen LogP contribution in [0.5, 0.6) is 0 Å². The Morgan fingerprint density at radius 1 is 1.85 bits per heavy atom. The van der Waals surface area contributed by atoms with Crippen LogP contribution in [0.2, 0.25) is 0 Å². The summed E-state index contributed by atoms with van der Waals surface area (Å²) in [4.78, 5) is 15.0. The normalized spacial score (nSPS) is 10.6. The maximum Gasteiger partial charge on any atom is 0.330 e. The zero-order chi connectivity index (χ0) is 9.68. The zero-order valence-corrected chi connectivity index (χ0v) is 9.39. The molecule has 13 heavy (non-hydrogen) atoms. The molecule has 0 spiro atoms. The molecule has 0 unspecified atom stereocenters. The lowest BCUT2D eigenvalue weighted by atomic mass is 10.4. The molecule has 0 aliphatic heterocycles. The van der Waals surface area contributed by atoms with E-state index in [0.29, 0.717) is 6.61 Å². The van der Waals surface area contributed by atoms with E-state index >= 15 is 0 Å². The van der Waals surface area contributed by atoms with Gasteiger partial charge in [-0.05, 0) is 28.9 Å². The van der Waals surface area contributed by atoms with Crippen LogP contribution in [0.25, 0.3) is 6.08 Å². The summed E-state index contributed by atoms with van der Waals surface area (Å²) in [7, 11) is 0. The Kier molecular flexibility index (Phi) is 4.11. The van der Waals surface area contributed by atoms with Gasteiger partial charge >= 0.3 is 5.97 Å². The van der Waals surface area contributed by atoms with Crippen LogP contribution in [0.4, 0.5) is 0 Å². The minimum absolute atomic E-state index is 0.341.